The summed E-state index contributed by atoms with van der Waals surface area (Å²) < 4.78 is 32.3. The summed E-state index contributed by atoms with van der Waals surface area (Å²) in [6, 6.07) is 6.46. The summed E-state index contributed by atoms with van der Waals surface area (Å²) in [5.41, 5.74) is 1.36. The maximum atomic E-state index is 13.1. The first-order valence-corrected chi connectivity index (χ1v) is 10.7. The Bertz CT molecular complexity index is 1010. The third-order valence-electron chi connectivity index (χ3n) is 4.96. The molecule has 0 atom stereocenters. The SMILES string of the molecule is COC(=O)c1ccccc1C(=O)N1CCCN(S(=O)(=O)c2c(C)n[nH]c2C)CC1. The van der Waals surface area contributed by atoms with Gasteiger partial charge in [0.2, 0.25) is 10.0 Å². The normalized spacial score (nSPS) is 15.8. The van der Waals surface area contributed by atoms with E-state index in [0.29, 0.717) is 30.9 Å². The average molecular weight is 420 g/mol. The Kier molecular flexibility index (Phi) is 6.04. The molecule has 0 bridgehead atoms. The summed E-state index contributed by atoms with van der Waals surface area (Å²) in [6.45, 7) is 4.40. The summed E-state index contributed by atoms with van der Waals surface area (Å²) in [6.07, 6.45) is 0.487. The van der Waals surface area contributed by atoms with Crippen LogP contribution < -0.4 is 0 Å². The number of hydrogen-bond acceptors (Lipinski definition) is 6. The molecule has 2 heterocycles. The van der Waals surface area contributed by atoms with Gasteiger partial charge >= 0.3 is 5.97 Å². The van der Waals surface area contributed by atoms with Crippen molar-refractivity contribution in [2.45, 2.75) is 25.2 Å². The molecular weight excluding hydrogens is 396 g/mol. The van der Waals surface area contributed by atoms with Crippen molar-refractivity contribution in [1.82, 2.24) is 19.4 Å². The molecule has 1 aliphatic heterocycles. The lowest BCUT2D eigenvalue weighted by molar-refractivity contribution is 0.0590. The second-order valence-electron chi connectivity index (χ2n) is 6.85. The monoisotopic (exact) mass is 420 g/mol. The molecule has 10 heteroatoms. The number of carbonyl (C=O) groups excluding carboxylic acids is 2. The number of H-pyrrole nitrogens is 1. The van der Waals surface area contributed by atoms with Crippen LogP contribution in [-0.4, -0.2) is 73.0 Å². The lowest BCUT2D eigenvalue weighted by Gasteiger charge is -2.22. The van der Waals surface area contributed by atoms with Gasteiger partial charge in [0.1, 0.15) is 4.90 Å². The number of aromatic nitrogens is 2. The number of methoxy groups -OCH3 is 1. The number of rotatable bonds is 4. The largest absolute Gasteiger partial charge is 0.465 e. The summed E-state index contributed by atoms with van der Waals surface area (Å²) in [5.74, 6) is -0.903. The van der Waals surface area contributed by atoms with Crippen molar-refractivity contribution >= 4 is 21.9 Å². The highest BCUT2D eigenvalue weighted by atomic mass is 32.2. The first-order chi connectivity index (χ1) is 13.8. The number of carbonyl (C=O) groups is 2. The molecule has 1 fully saturated rings. The van der Waals surface area contributed by atoms with Gasteiger partial charge < -0.3 is 9.64 Å². The second-order valence-corrected chi connectivity index (χ2v) is 8.72. The Hall–Kier alpha value is -2.72. The molecule has 1 aromatic heterocycles. The molecule has 1 saturated heterocycles. The second kappa shape index (κ2) is 8.34. The zero-order chi connectivity index (χ0) is 21.2. The van der Waals surface area contributed by atoms with Crippen molar-refractivity contribution in [2.75, 3.05) is 33.3 Å². The highest BCUT2D eigenvalue weighted by Gasteiger charge is 2.32. The minimum absolute atomic E-state index is 0.165. The molecule has 9 nitrogen and oxygen atoms in total. The highest BCUT2D eigenvalue weighted by Crippen LogP contribution is 2.23. The zero-order valence-electron chi connectivity index (χ0n) is 16.6. The fourth-order valence-electron chi connectivity index (χ4n) is 3.51. The molecule has 29 heavy (non-hydrogen) atoms. The van der Waals surface area contributed by atoms with Crippen LogP contribution in [0.25, 0.3) is 0 Å². The van der Waals surface area contributed by atoms with Crippen molar-refractivity contribution in [3.8, 4) is 0 Å². The van der Waals surface area contributed by atoms with Crippen LogP contribution in [0.3, 0.4) is 0 Å². The van der Waals surface area contributed by atoms with E-state index in [1.807, 2.05) is 0 Å². The molecule has 0 unspecified atom stereocenters. The lowest BCUT2D eigenvalue weighted by Crippen LogP contribution is -2.38. The molecule has 3 rings (SSSR count). The van der Waals surface area contributed by atoms with E-state index in [4.69, 9.17) is 4.74 Å². The van der Waals surface area contributed by atoms with E-state index in [2.05, 4.69) is 10.2 Å². The molecule has 0 radical (unpaired) electrons. The van der Waals surface area contributed by atoms with Crippen molar-refractivity contribution in [1.29, 1.82) is 0 Å². The van der Waals surface area contributed by atoms with Crippen LogP contribution in [0.1, 0.15) is 38.5 Å². The van der Waals surface area contributed by atoms with Gasteiger partial charge in [0.25, 0.3) is 5.91 Å². The van der Waals surface area contributed by atoms with Gasteiger partial charge in [0.15, 0.2) is 0 Å². The van der Waals surface area contributed by atoms with Gasteiger partial charge in [-0.1, -0.05) is 12.1 Å². The number of benzene rings is 1. The fraction of sp³-hybridized carbons (Fsp3) is 0.421. The summed E-state index contributed by atoms with van der Waals surface area (Å²) in [4.78, 5) is 26.8. The first-order valence-electron chi connectivity index (χ1n) is 9.25. The van der Waals surface area contributed by atoms with Crippen molar-refractivity contribution in [2.24, 2.45) is 0 Å². The summed E-state index contributed by atoms with van der Waals surface area (Å²) in [7, 11) is -2.45. The van der Waals surface area contributed by atoms with Gasteiger partial charge in [-0.2, -0.15) is 9.40 Å². The molecule has 156 valence electrons. The van der Waals surface area contributed by atoms with Crippen LogP contribution in [0, 0.1) is 13.8 Å². The predicted molar refractivity (Wildman–Crippen MR) is 105 cm³/mol. The number of amides is 1. The van der Waals surface area contributed by atoms with Crippen LogP contribution in [0.5, 0.6) is 0 Å². The number of hydrogen-bond donors (Lipinski definition) is 1. The van der Waals surface area contributed by atoms with Crippen LogP contribution >= 0.6 is 0 Å². The van der Waals surface area contributed by atoms with Gasteiger partial charge in [0.05, 0.1) is 29.6 Å². The van der Waals surface area contributed by atoms with Gasteiger partial charge in [-0.05, 0) is 32.4 Å². The summed E-state index contributed by atoms with van der Waals surface area (Å²) in [5, 5.41) is 6.68. The molecule has 0 aliphatic carbocycles. The van der Waals surface area contributed by atoms with E-state index in [9.17, 15) is 18.0 Å². The van der Waals surface area contributed by atoms with Crippen molar-refractivity contribution < 1.29 is 22.7 Å². The Labute approximate surface area is 169 Å². The third kappa shape index (κ3) is 4.03. The van der Waals surface area contributed by atoms with Gasteiger partial charge in [-0.25, -0.2) is 13.2 Å². The van der Waals surface area contributed by atoms with E-state index in [1.54, 1.807) is 36.9 Å². The first kappa shape index (κ1) is 21.0. The number of aromatic amines is 1. The highest BCUT2D eigenvalue weighted by molar-refractivity contribution is 7.89. The number of nitrogens with one attached hydrogen (secondary N) is 1. The number of nitrogens with zero attached hydrogens (tertiary/aromatic N) is 3. The Morgan fingerprint density at radius 3 is 2.38 bits per heavy atom. The number of sulfonamides is 1. The predicted octanol–water partition coefficient (Wildman–Crippen LogP) is 1.35. The average Bonchev–Trinajstić information content (AvgIpc) is 2.91. The molecule has 0 saturated carbocycles. The number of ether oxygens (including phenoxy) is 1. The van der Waals surface area contributed by atoms with Crippen LogP contribution in [-0.2, 0) is 14.8 Å². The number of esters is 1. The van der Waals surface area contributed by atoms with E-state index >= 15 is 0 Å². The molecule has 1 amide bonds. The maximum Gasteiger partial charge on any atom is 0.338 e. The van der Waals surface area contributed by atoms with Gasteiger partial charge in [-0.15, -0.1) is 0 Å². The Morgan fingerprint density at radius 2 is 1.76 bits per heavy atom. The minimum Gasteiger partial charge on any atom is -0.465 e. The Balaban J connectivity index is 1.81. The molecular formula is C19H24N4O5S. The molecule has 1 aromatic carbocycles. The van der Waals surface area contributed by atoms with E-state index in [1.165, 1.54) is 17.5 Å². The lowest BCUT2D eigenvalue weighted by atomic mass is 10.1. The van der Waals surface area contributed by atoms with Crippen molar-refractivity contribution in [3.63, 3.8) is 0 Å². The smallest absolute Gasteiger partial charge is 0.338 e. The van der Waals surface area contributed by atoms with Crippen LogP contribution in [0.2, 0.25) is 0 Å². The maximum absolute atomic E-state index is 13.1. The van der Waals surface area contributed by atoms with Gasteiger partial charge in [0, 0.05) is 26.2 Å². The standard InChI is InChI=1S/C19H24N4O5S/c1-13-17(14(2)21-20-13)29(26,27)23-10-6-9-22(11-12-23)18(24)15-7-4-5-8-16(15)19(25)28-3/h4-5,7-8H,6,9-12H2,1-3H3,(H,20,21). The van der Waals surface area contributed by atoms with Crippen molar-refractivity contribution in [3.05, 3.63) is 46.8 Å². The molecule has 1 aliphatic rings. The topological polar surface area (TPSA) is 113 Å². The minimum atomic E-state index is -3.72. The van der Waals surface area contributed by atoms with Crippen LogP contribution in [0.15, 0.2) is 29.2 Å². The quantitative estimate of drug-likeness (QED) is 0.747. The van der Waals surface area contributed by atoms with E-state index < -0.39 is 16.0 Å². The Morgan fingerprint density at radius 1 is 1.07 bits per heavy atom. The molecule has 2 aromatic rings. The van der Waals surface area contributed by atoms with E-state index in [0.717, 1.165) is 0 Å². The van der Waals surface area contributed by atoms with Crippen LogP contribution in [0.4, 0.5) is 0 Å². The van der Waals surface area contributed by atoms with Gasteiger partial charge in [-0.3, -0.25) is 9.89 Å². The van der Waals surface area contributed by atoms with E-state index in [-0.39, 0.29) is 35.0 Å². The third-order valence-corrected chi connectivity index (χ3v) is 7.13. The number of aryl methyl sites for hydroxylation is 2. The zero-order valence-corrected chi connectivity index (χ0v) is 17.5. The summed E-state index contributed by atoms with van der Waals surface area (Å²) >= 11 is 0. The molecule has 0 spiro atoms. The fourth-order valence-corrected chi connectivity index (χ4v) is 5.32. The molecule has 1 N–H and O–H groups in total.